The number of amides is 1. The quantitative estimate of drug-likeness (QED) is 0.318. The molecule has 1 atom stereocenters. The molecular weight excluding hydrogens is 555 g/mol. The van der Waals surface area contributed by atoms with Crippen LogP contribution in [0.5, 0.6) is 0 Å². The van der Waals surface area contributed by atoms with E-state index in [1.165, 1.54) is 22.8 Å². The SMILES string of the molecule is CSc1ccc(F)cc1CN1CCN(C(=O)[C@H](N)C2CCN(CCc3cc(Cl)ccc3-c3ccccc3)CC2)CC1. The standard InChI is InChI=1S/C33H40ClFN4OS/c1-41-31-10-8-29(35)22-27(31)23-38-17-19-39(20-18-38)33(40)32(36)25-11-14-37(15-12-25)16-13-26-21-28(34)7-9-30(26)24-5-3-2-4-6-24/h2-10,21-22,25,32H,11-20,23,36H2,1H3/t32-/m1/s1. The van der Waals surface area contributed by atoms with Gasteiger partial charge in [-0.05, 0) is 97.1 Å². The summed E-state index contributed by atoms with van der Waals surface area (Å²) in [5.74, 6) is 0.0781. The fourth-order valence-corrected chi connectivity index (χ4v) is 6.92. The van der Waals surface area contributed by atoms with Gasteiger partial charge in [-0.3, -0.25) is 9.69 Å². The lowest BCUT2D eigenvalue weighted by atomic mass is 9.88. The van der Waals surface area contributed by atoms with Crippen LogP contribution in [0, 0.1) is 11.7 Å². The van der Waals surface area contributed by atoms with Crippen LogP contribution in [0.3, 0.4) is 0 Å². The van der Waals surface area contributed by atoms with Crippen molar-refractivity contribution in [1.82, 2.24) is 14.7 Å². The largest absolute Gasteiger partial charge is 0.339 e. The average molecular weight is 595 g/mol. The molecule has 1 amide bonds. The zero-order valence-corrected chi connectivity index (χ0v) is 25.3. The smallest absolute Gasteiger partial charge is 0.239 e. The Kier molecular flexibility index (Phi) is 10.4. The lowest BCUT2D eigenvalue weighted by Gasteiger charge is -2.39. The van der Waals surface area contributed by atoms with Gasteiger partial charge >= 0.3 is 0 Å². The van der Waals surface area contributed by atoms with E-state index in [-0.39, 0.29) is 17.6 Å². The molecule has 3 aromatic carbocycles. The van der Waals surface area contributed by atoms with Gasteiger partial charge in [0.25, 0.3) is 0 Å². The molecule has 2 aliphatic heterocycles. The Bertz CT molecular complexity index is 1310. The van der Waals surface area contributed by atoms with Crippen molar-refractivity contribution in [2.45, 2.75) is 36.7 Å². The van der Waals surface area contributed by atoms with E-state index in [1.54, 1.807) is 17.8 Å². The Balaban J connectivity index is 1.08. The number of carbonyl (C=O) groups is 1. The maximum absolute atomic E-state index is 13.8. The van der Waals surface area contributed by atoms with Crippen molar-refractivity contribution in [3.05, 3.63) is 88.7 Å². The van der Waals surface area contributed by atoms with E-state index in [9.17, 15) is 9.18 Å². The van der Waals surface area contributed by atoms with Crippen molar-refractivity contribution in [3.8, 4) is 11.1 Å². The third-order valence-electron chi connectivity index (χ3n) is 8.60. The predicted molar refractivity (Wildman–Crippen MR) is 168 cm³/mol. The Hall–Kier alpha value is -2.42. The van der Waals surface area contributed by atoms with Crippen LogP contribution >= 0.6 is 23.4 Å². The molecule has 2 saturated heterocycles. The number of carbonyl (C=O) groups excluding carboxylic acids is 1. The molecule has 5 rings (SSSR count). The highest BCUT2D eigenvalue weighted by Gasteiger charge is 2.32. The summed E-state index contributed by atoms with van der Waals surface area (Å²) in [5.41, 5.74) is 11.3. The van der Waals surface area contributed by atoms with Crippen molar-refractivity contribution in [2.24, 2.45) is 11.7 Å². The number of benzene rings is 3. The number of likely N-dealkylation sites (tertiary alicyclic amines) is 1. The Morgan fingerprint density at radius 2 is 1.68 bits per heavy atom. The number of piperazine rings is 1. The monoisotopic (exact) mass is 594 g/mol. The molecule has 2 N–H and O–H groups in total. The molecule has 41 heavy (non-hydrogen) atoms. The number of piperidine rings is 1. The number of rotatable bonds is 9. The molecular formula is C33H40ClFN4OS. The third kappa shape index (κ3) is 7.70. The van der Waals surface area contributed by atoms with E-state index in [0.717, 1.165) is 67.5 Å². The molecule has 0 spiro atoms. The number of nitrogens with zero attached hydrogens (tertiary/aromatic N) is 3. The molecule has 2 heterocycles. The number of thioether (sulfide) groups is 1. The van der Waals surface area contributed by atoms with Gasteiger partial charge in [0.2, 0.25) is 5.91 Å². The van der Waals surface area contributed by atoms with E-state index in [4.69, 9.17) is 17.3 Å². The van der Waals surface area contributed by atoms with Crippen LogP contribution in [0.1, 0.15) is 24.0 Å². The number of hydrogen-bond acceptors (Lipinski definition) is 5. The predicted octanol–water partition coefficient (Wildman–Crippen LogP) is 5.79. The van der Waals surface area contributed by atoms with Gasteiger partial charge in [0.15, 0.2) is 0 Å². The van der Waals surface area contributed by atoms with Gasteiger partial charge < -0.3 is 15.5 Å². The van der Waals surface area contributed by atoms with E-state index in [1.807, 2.05) is 29.4 Å². The van der Waals surface area contributed by atoms with E-state index < -0.39 is 6.04 Å². The summed E-state index contributed by atoms with van der Waals surface area (Å²) < 4.78 is 13.8. The van der Waals surface area contributed by atoms with Gasteiger partial charge in [0.1, 0.15) is 5.82 Å². The molecule has 2 aliphatic rings. The van der Waals surface area contributed by atoms with Crippen LogP contribution in [0.15, 0.2) is 71.6 Å². The average Bonchev–Trinajstić information content (AvgIpc) is 3.00. The van der Waals surface area contributed by atoms with Gasteiger partial charge in [0.05, 0.1) is 6.04 Å². The molecule has 0 aliphatic carbocycles. The van der Waals surface area contributed by atoms with Crippen LogP contribution < -0.4 is 5.73 Å². The van der Waals surface area contributed by atoms with Crippen LogP contribution in [-0.4, -0.2) is 78.7 Å². The molecule has 0 saturated carbocycles. The fraction of sp³-hybridized carbons (Fsp3) is 0.424. The molecule has 0 aromatic heterocycles. The second-order valence-corrected chi connectivity index (χ2v) is 12.5. The summed E-state index contributed by atoms with van der Waals surface area (Å²) in [4.78, 5) is 21.1. The molecule has 3 aromatic rings. The second kappa shape index (κ2) is 14.2. The summed E-state index contributed by atoms with van der Waals surface area (Å²) >= 11 is 7.99. The van der Waals surface area contributed by atoms with E-state index in [0.29, 0.717) is 19.6 Å². The molecule has 5 nitrogen and oxygen atoms in total. The molecule has 218 valence electrons. The van der Waals surface area contributed by atoms with Crippen molar-refractivity contribution >= 4 is 29.3 Å². The fourth-order valence-electron chi connectivity index (χ4n) is 6.13. The van der Waals surface area contributed by atoms with Gasteiger partial charge in [-0.15, -0.1) is 11.8 Å². The minimum Gasteiger partial charge on any atom is -0.339 e. The first-order valence-corrected chi connectivity index (χ1v) is 16.2. The molecule has 0 bridgehead atoms. The summed E-state index contributed by atoms with van der Waals surface area (Å²) in [6.07, 6.45) is 4.81. The maximum Gasteiger partial charge on any atom is 0.239 e. The van der Waals surface area contributed by atoms with Crippen molar-refractivity contribution in [2.75, 3.05) is 52.1 Å². The van der Waals surface area contributed by atoms with Gasteiger partial charge in [-0.2, -0.15) is 0 Å². The number of halogens is 2. The van der Waals surface area contributed by atoms with Gasteiger partial charge in [-0.1, -0.05) is 48.0 Å². The summed E-state index contributed by atoms with van der Waals surface area (Å²) in [6, 6.07) is 21.2. The minimum absolute atomic E-state index is 0.0742. The van der Waals surface area contributed by atoms with Crippen molar-refractivity contribution in [3.63, 3.8) is 0 Å². The normalized spacial score (nSPS) is 18.0. The highest BCUT2D eigenvalue weighted by molar-refractivity contribution is 7.98. The third-order valence-corrected chi connectivity index (χ3v) is 9.67. The van der Waals surface area contributed by atoms with Crippen LogP contribution in [0.2, 0.25) is 5.02 Å². The summed E-state index contributed by atoms with van der Waals surface area (Å²) in [6.45, 7) is 6.44. The molecule has 8 heteroatoms. The summed E-state index contributed by atoms with van der Waals surface area (Å²) in [5, 5.41) is 0.766. The van der Waals surface area contributed by atoms with E-state index >= 15 is 0 Å². The first-order chi connectivity index (χ1) is 19.9. The number of nitrogens with two attached hydrogens (primary N) is 1. The van der Waals surface area contributed by atoms with Gasteiger partial charge in [0, 0.05) is 49.2 Å². The second-order valence-electron chi connectivity index (χ2n) is 11.2. The lowest BCUT2D eigenvalue weighted by molar-refractivity contribution is -0.136. The highest BCUT2D eigenvalue weighted by Crippen LogP contribution is 2.28. The van der Waals surface area contributed by atoms with Crippen molar-refractivity contribution < 1.29 is 9.18 Å². The topological polar surface area (TPSA) is 52.8 Å². The molecule has 0 radical (unpaired) electrons. The minimum atomic E-state index is -0.451. The molecule has 0 unspecified atom stereocenters. The van der Waals surface area contributed by atoms with Crippen LogP contribution in [-0.2, 0) is 17.8 Å². The lowest BCUT2D eigenvalue weighted by Crippen LogP contribution is -2.55. The van der Waals surface area contributed by atoms with Crippen LogP contribution in [0.4, 0.5) is 4.39 Å². The Morgan fingerprint density at radius 3 is 2.39 bits per heavy atom. The number of hydrogen-bond donors (Lipinski definition) is 1. The zero-order chi connectivity index (χ0) is 28.8. The maximum atomic E-state index is 13.8. The first-order valence-electron chi connectivity index (χ1n) is 14.6. The summed E-state index contributed by atoms with van der Waals surface area (Å²) in [7, 11) is 0. The van der Waals surface area contributed by atoms with Crippen LogP contribution in [0.25, 0.3) is 11.1 Å². The Labute approximate surface area is 252 Å². The Morgan fingerprint density at radius 1 is 0.951 bits per heavy atom. The van der Waals surface area contributed by atoms with Crippen molar-refractivity contribution in [1.29, 1.82) is 0 Å². The van der Waals surface area contributed by atoms with Gasteiger partial charge in [-0.25, -0.2) is 4.39 Å². The first kappa shape index (κ1) is 30.1. The molecule has 2 fully saturated rings. The highest BCUT2D eigenvalue weighted by atomic mass is 35.5. The van der Waals surface area contributed by atoms with E-state index in [2.05, 4.69) is 46.2 Å². The zero-order valence-electron chi connectivity index (χ0n) is 23.8.